The lowest BCUT2D eigenvalue weighted by atomic mass is 9.95. The van der Waals surface area contributed by atoms with Crippen LogP contribution in [0.1, 0.15) is 34.5 Å². The van der Waals surface area contributed by atoms with Crippen LogP contribution in [0.2, 0.25) is 10.0 Å². The normalized spacial score (nSPS) is 13.2. The monoisotopic (exact) mass is 416 g/mol. The van der Waals surface area contributed by atoms with Crippen molar-refractivity contribution in [3.8, 4) is 0 Å². The second kappa shape index (κ2) is 7.86. The van der Waals surface area contributed by atoms with Gasteiger partial charge >= 0.3 is 5.97 Å². The van der Waals surface area contributed by atoms with Crippen molar-refractivity contribution in [2.45, 2.75) is 25.7 Å². The summed E-state index contributed by atoms with van der Waals surface area (Å²) >= 11 is 12.1. The lowest BCUT2D eigenvalue weighted by Gasteiger charge is -2.11. The van der Waals surface area contributed by atoms with Gasteiger partial charge in [-0.3, -0.25) is 4.79 Å². The van der Waals surface area contributed by atoms with E-state index in [2.05, 4.69) is 10.3 Å². The quantitative estimate of drug-likeness (QED) is 0.577. The van der Waals surface area contributed by atoms with Crippen molar-refractivity contribution in [2.24, 2.45) is 0 Å². The molecule has 7 heteroatoms. The highest BCUT2D eigenvalue weighted by Crippen LogP contribution is 2.31. The molecule has 1 heterocycles. The van der Waals surface area contributed by atoms with Gasteiger partial charge in [-0.05, 0) is 61.6 Å². The van der Waals surface area contributed by atoms with E-state index in [4.69, 9.17) is 27.9 Å². The van der Waals surface area contributed by atoms with Crippen LogP contribution >= 0.6 is 23.2 Å². The van der Waals surface area contributed by atoms with Crippen LogP contribution in [-0.4, -0.2) is 23.5 Å². The lowest BCUT2D eigenvalue weighted by molar-refractivity contribution is -0.119. The predicted molar refractivity (Wildman–Crippen MR) is 110 cm³/mol. The predicted octanol–water partition coefficient (Wildman–Crippen LogP) is 5.15. The molecule has 0 unspecified atom stereocenters. The molecule has 3 aromatic rings. The number of esters is 1. The topological polar surface area (TPSA) is 71.2 Å². The van der Waals surface area contributed by atoms with Crippen LogP contribution in [0.4, 0.5) is 5.69 Å². The molecule has 4 rings (SSSR count). The standard InChI is InChI=1S/C21H18Cl2N2O3/c22-15-5-3-6-16(23)20(15)25-19(26)11-28-21(27)12-8-9-18-14(10-12)13-4-1-2-7-17(13)24-18/h3,5-6,8-10,24H,1-2,4,7,11H2,(H,25,26). The number of aromatic nitrogens is 1. The third kappa shape index (κ3) is 3.73. The summed E-state index contributed by atoms with van der Waals surface area (Å²) in [5.74, 6) is -1.06. The molecule has 0 saturated heterocycles. The van der Waals surface area contributed by atoms with E-state index in [9.17, 15) is 9.59 Å². The number of H-pyrrole nitrogens is 1. The molecular formula is C21H18Cl2N2O3. The summed E-state index contributed by atoms with van der Waals surface area (Å²) in [5, 5.41) is 4.25. The van der Waals surface area contributed by atoms with Crippen LogP contribution in [0, 0.1) is 0 Å². The Bertz CT molecular complexity index is 1050. The van der Waals surface area contributed by atoms with Crippen molar-refractivity contribution >= 4 is 51.7 Å². The Balaban J connectivity index is 1.44. The van der Waals surface area contributed by atoms with Gasteiger partial charge in [0.15, 0.2) is 6.61 Å². The molecule has 1 aliphatic rings. The average Bonchev–Trinajstić information content (AvgIpc) is 3.07. The van der Waals surface area contributed by atoms with Gasteiger partial charge in [-0.25, -0.2) is 4.79 Å². The molecule has 0 spiro atoms. The highest BCUT2D eigenvalue weighted by molar-refractivity contribution is 6.39. The summed E-state index contributed by atoms with van der Waals surface area (Å²) in [6, 6.07) is 10.3. The number of hydrogen-bond donors (Lipinski definition) is 2. The first-order chi connectivity index (χ1) is 13.5. The first-order valence-electron chi connectivity index (χ1n) is 9.07. The van der Waals surface area contributed by atoms with E-state index in [1.54, 1.807) is 24.3 Å². The molecule has 28 heavy (non-hydrogen) atoms. The second-order valence-corrected chi connectivity index (χ2v) is 7.58. The van der Waals surface area contributed by atoms with Crippen molar-refractivity contribution in [3.05, 3.63) is 63.3 Å². The largest absolute Gasteiger partial charge is 0.452 e. The van der Waals surface area contributed by atoms with E-state index in [1.807, 2.05) is 12.1 Å². The number of fused-ring (bicyclic) bond motifs is 3. The van der Waals surface area contributed by atoms with Crippen LogP contribution in [0.25, 0.3) is 10.9 Å². The van der Waals surface area contributed by atoms with Gasteiger partial charge in [0, 0.05) is 16.6 Å². The third-order valence-electron chi connectivity index (χ3n) is 4.90. The molecule has 2 aromatic carbocycles. The lowest BCUT2D eigenvalue weighted by Crippen LogP contribution is -2.21. The molecule has 1 amide bonds. The van der Waals surface area contributed by atoms with Gasteiger partial charge in [0.25, 0.3) is 5.91 Å². The number of halogens is 2. The van der Waals surface area contributed by atoms with Crippen LogP contribution in [0.5, 0.6) is 0 Å². The molecule has 0 saturated carbocycles. The minimum atomic E-state index is -0.548. The summed E-state index contributed by atoms with van der Waals surface area (Å²) < 4.78 is 5.16. The fourth-order valence-electron chi connectivity index (χ4n) is 3.54. The van der Waals surface area contributed by atoms with Gasteiger partial charge in [0.05, 0.1) is 21.3 Å². The zero-order valence-electron chi connectivity index (χ0n) is 15.0. The Labute approximate surface area is 172 Å². The minimum Gasteiger partial charge on any atom is -0.452 e. The van der Waals surface area contributed by atoms with Crippen molar-refractivity contribution in [3.63, 3.8) is 0 Å². The molecule has 144 valence electrons. The number of aryl methyl sites for hydroxylation is 2. The van der Waals surface area contributed by atoms with Gasteiger partial charge in [-0.15, -0.1) is 0 Å². The van der Waals surface area contributed by atoms with Crippen molar-refractivity contribution < 1.29 is 14.3 Å². The number of para-hydroxylation sites is 1. The van der Waals surface area contributed by atoms with Gasteiger partial charge in [0.1, 0.15) is 0 Å². The Morgan fingerprint density at radius 3 is 2.61 bits per heavy atom. The smallest absolute Gasteiger partial charge is 0.338 e. The van der Waals surface area contributed by atoms with Gasteiger partial charge in [0.2, 0.25) is 0 Å². The third-order valence-corrected chi connectivity index (χ3v) is 5.53. The maximum atomic E-state index is 12.4. The minimum absolute atomic E-state index is 0.298. The van der Waals surface area contributed by atoms with Crippen LogP contribution < -0.4 is 5.32 Å². The molecule has 5 nitrogen and oxygen atoms in total. The van der Waals surface area contributed by atoms with Crippen LogP contribution in [0.3, 0.4) is 0 Å². The Kier molecular flexibility index (Phi) is 5.29. The number of benzene rings is 2. The number of ether oxygens (including phenoxy) is 1. The molecule has 0 radical (unpaired) electrons. The molecule has 2 N–H and O–H groups in total. The molecule has 0 aliphatic heterocycles. The number of amides is 1. The summed E-state index contributed by atoms with van der Waals surface area (Å²) in [5.41, 5.74) is 4.27. The van der Waals surface area contributed by atoms with Crippen molar-refractivity contribution in [1.82, 2.24) is 4.98 Å². The maximum Gasteiger partial charge on any atom is 0.338 e. The van der Waals surface area contributed by atoms with E-state index in [1.165, 1.54) is 17.7 Å². The van der Waals surface area contributed by atoms with Crippen molar-refractivity contribution in [1.29, 1.82) is 0 Å². The summed E-state index contributed by atoms with van der Waals surface area (Å²) in [4.78, 5) is 27.9. The van der Waals surface area contributed by atoms with Crippen LogP contribution in [0.15, 0.2) is 36.4 Å². The van der Waals surface area contributed by atoms with Gasteiger partial charge in [-0.1, -0.05) is 29.3 Å². The molecule has 0 fully saturated rings. The fraction of sp³-hybridized carbons (Fsp3) is 0.238. The van der Waals surface area contributed by atoms with E-state index in [0.29, 0.717) is 21.3 Å². The number of carbonyl (C=O) groups excluding carboxylic acids is 2. The zero-order valence-corrected chi connectivity index (χ0v) is 16.5. The first-order valence-corrected chi connectivity index (χ1v) is 9.83. The number of rotatable bonds is 4. The molecular weight excluding hydrogens is 399 g/mol. The van der Waals surface area contributed by atoms with E-state index in [-0.39, 0.29) is 0 Å². The Morgan fingerprint density at radius 2 is 1.82 bits per heavy atom. The SMILES string of the molecule is O=C(COC(=O)c1ccc2[nH]c3c(c2c1)CCCC3)Nc1c(Cl)cccc1Cl. The van der Waals surface area contributed by atoms with E-state index < -0.39 is 18.5 Å². The van der Waals surface area contributed by atoms with E-state index >= 15 is 0 Å². The number of hydrogen-bond acceptors (Lipinski definition) is 3. The number of nitrogens with one attached hydrogen (secondary N) is 2. The van der Waals surface area contributed by atoms with Crippen molar-refractivity contribution in [2.75, 3.05) is 11.9 Å². The van der Waals surface area contributed by atoms with E-state index in [0.717, 1.165) is 30.2 Å². The maximum absolute atomic E-state index is 12.4. The Hall–Kier alpha value is -2.50. The second-order valence-electron chi connectivity index (χ2n) is 6.77. The number of anilines is 1. The summed E-state index contributed by atoms with van der Waals surface area (Å²) in [6.07, 6.45) is 4.38. The first kappa shape index (κ1) is 18.8. The molecule has 0 atom stereocenters. The average molecular weight is 417 g/mol. The summed E-state index contributed by atoms with van der Waals surface area (Å²) in [6.45, 7) is -0.427. The molecule has 1 aliphatic carbocycles. The highest BCUT2D eigenvalue weighted by Gasteiger charge is 2.18. The van der Waals surface area contributed by atoms with Gasteiger partial charge in [-0.2, -0.15) is 0 Å². The number of aromatic amines is 1. The summed E-state index contributed by atoms with van der Waals surface area (Å²) in [7, 11) is 0. The fourth-order valence-corrected chi connectivity index (χ4v) is 4.03. The molecule has 0 bridgehead atoms. The Morgan fingerprint density at radius 1 is 1.07 bits per heavy atom. The highest BCUT2D eigenvalue weighted by atomic mass is 35.5. The van der Waals surface area contributed by atoms with Crippen LogP contribution in [-0.2, 0) is 22.4 Å². The zero-order chi connectivity index (χ0) is 19.7. The number of carbonyl (C=O) groups is 2. The molecule has 1 aromatic heterocycles. The van der Waals surface area contributed by atoms with Gasteiger partial charge < -0.3 is 15.0 Å².